The summed E-state index contributed by atoms with van der Waals surface area (Å²) in [6, 6.07) is 7.38. The maximum Gasteiger partial charge on any atom is 0.303 e. The first-order chi connectivity index (χ1) is 17.6. The molecule has 1 N–H and O–H groups in total. The number of imidazole rings is 1. The van der Waals surface area contributed by atoms with Gasteiger partial charge in [0, 0.05) is 54.9 Å². The standard InChI is InChI=1S/C23H23ClIN5O7/c1-11(31)34-9-16-18(35-12(2)32)19(36-13(3)33)22(37-16)30-10-27-17-20(28-23(25)29-21(17)30)26-8-14-4-6-15(24)7-5-14/h4-7,10,16,18-19,22H,8-9H2,1-3H3,(H,26,28,29). The van der Waals surface area contributed by atoms with Crippen LogP contribution in [0.25, 0.3) is 11.2 Å². The molecule has 4 rings (SSSR count). The number of carbonyl (C=O) groups excluding carboxylic acids is 3. The van der Waals surface area contributed by atoms with Gasteiger partial charge in [-0.25, -0.2) is 15.0 Å². The topological polar surface area (TPSA) is 144 Å². The molecular weight excluding hydrogens is 621 g/mol. The van der Waals surface area contributed by atoms with Crippen LogP contribution in [0.15, 0.2) is 30.6 Å². The second kappa shape index (κ2) is 11.6. The van der Waals surface area contributed by atoms with E-state index in [1.54, 1.807) is 16.7 Å². The number of benzene rings is 1. The van der Waals surface area contributed by atoms with Gasteiger partial charge in [-0.3, -0.25) is 19.0 Å². The Morgan fingerprint density at radius 2 is 1.73 bits per heavy atom. The lowest BCUT2D eigenvalue weighted by Crippen LogP contribution is -2.40. The Labute approximate surface area is 230 Å². The van der Waals surface area contributed by atoms with Gasteiger partial charge in [-0.1, -0.05) is 23.7 Å². The number of carbonyl (C=O) groups is 3. The number of fused-ring (bicyclic) bond motifs is 1. The predicted octanol–water partition coefficient (Wildman–Crippen LogP) is 3.02. The van der Waals surface area contributed by atoms with E-state index in [0.29, 0.717) is 32.4 Å². The van der Waals surface area contributed by atoms with E-state index < -0.39 is 42.4 Å². The molecule has 0 radical (unpaired) electrons. The molecule has 0 aliphatic carbocycles. The highest BCUT2D eigenvalue weighted by Gasteiger charge is 2.51. The molecule has 1 aliphatic rings. The van der Waals surface area contributed by atoms with Crippen LogP contribution in [0, 0.1) is 3.83 Å². The van der Waals surface area contributed by atoms with Crippen LogP contribution in [0.2, 0.25) is 5.02 Å². The van der Waals surface area contributed by atoms with Crippen molar-refractivity contribution in [2.45, 2.75) is 51.9 Å². The fourth-order valence-electron chi connectivity index (χ4n) is 3.90. The first-order valence-electron chi connectivity index (χ1n) is 11.1. The van der Waals surface area contributed by atoms with Gasteiger partial charge in [-0.2, -0.15) is 0 Å². The number of aromatic nitrogens is 4. The van der Waals surface area contributed by atoms with Crippen molar-refractivity contribution in [3.05, 3.63) is 45.0 Å². The lowest BCUT2D eigenvalue weighted by molar-refractivity contribution is -0.166. The molecular formula is C23H23ClIN5O7. The maximum atomic E-state index is 12.0. The summed E-state index contributed by atoms with van der Waals surface area (Å²) in [6.07, 6.45) is -2.50. The van der Waals surface area contributed by atoms with Gasteiger partial charge in [0.15, 0.2) is 39.2 Å². The Kier molecular flexibility index (Phi) is 8.44. The number of halogens is 2. The van der Waals surface area contributed by atoms with E-state index in [1.165, 1.54) is 27.1 Å². The van der Waals surface area contributed by atoms with Crippen molar-refractivity contribution in [3.63, 3.8) is 0 Å². The van der Waals surface area contributed by atoms with E-state index in [1.807, 2.05) is 34.7 Å². The van der Waals surface area contributed by atoms with Crippen molar-refractivity contribution in [1.82, 2.24) is 19.5 Å². The van der Waals surface area contributed by atoms with Crippen molar-refractivity contribution in [1.29, 1.82) is 0 Å². The van der Waals surface area contributed by atoms with Crippen molar-refractivity contribution in [3.8, 4) is 0 Å². The third kappa shape index (κ3) is 6.45. The monoisotopic (exact) mass is 643 g/mol. The number of hydrogen-bond acceptors (Lipinski definition) is 11. The highest BCUT2D eigenvalue weighted by molar-refractivity contribution is 14.1. The van der Waals surface area contributed by atoms with E-state index in [2.05, 4.69) is 20.3 Å². The zero-order valence-electron chi connectivity index (χ0n) is 20.0. The van der Waals surface area contributed by atoms with E-state index in [4.69, 9.17) is 30.5 Å². The molecule has 3 aromatic rings. The smallest absolute Gasteiger partial charge is 0.303 e. The Balaban J connectivity index is 1.68. The van der Waals surface area contributed by atoms with Crippen LogP contribution in [0.3, 0.4) is 0 Å². The number of ether oxygens (including phenoxy) is 4. The van der Waals surface area contributed by atoms with E-state index in [9.17, 15) is 14.4 Å². The van der Waals surface area contributed by atoms with Gasteiger partial charge in [-0.15, -0.1) is 0 Å². The van der Waals surface area contributed by atoms with Gasteiger partial charge >= 0.3 is 17.9 Å². The molecule has 4 unspecified atom stereocenters. The minimum atomic E-state index is -1.06. The second-order valence-electron chi connectivity index (χ2n) is 8.16. The van der Waals surface area contributed by atoms with Crippen LogP contribution in [0.5, 0.6) is 0 Å². The van der Waals surface area contributed by atoms with Gasteiger partial charge in [0.2, 0.25) is 0 Å². The molecule has 12 nitrogen and oxygen atoms in total. The summed E-state index contributed by atoms with van der Waals surface area (Å²) in [5.41, 5.74) is 1.83. The molecule has 1 fully saturated rings. The number of nitrogens with one attached hydrogen (secondary N) is 1. The van der Waals surface area contributed by atoms with E-state index in [-0.39, 0.29) is 6.61 Å². The highest BCUT2D eigenvalue weighted by atomic mass is 127. The Morgan fingerprint density at radius 1 is 1.05 bits per heavy atom. The zero-order valence-corrected chi connectivity index (χ0v) is 22.9. The summed E-state index contributed by atoms with van der Waals surface area (Å²) in [4.78, 5) is 48.7. The third-order valence-corrected chi connectivity index (χ3v) is 6.12. The van der Waals surface area contributed by atoms with Gasteiger partial charge < -0.3 is 24.3 Å². The molecule has 37 heavy (non-hydrogen) atoms. The van der Waals surface area contributed by atoms with Crippen LogP contribution in [-0.4, -0.2) is 62.3 Å². The molecule has 3 heterocycles. The zero-order chi connectivity index (χ0) is 26.7. The van der Waals surface area contributed by atoms with Crippen molar-refractivity contribution in [2.75, 3.05) is 11.9 Å². The normalized spacial score (nSPS) is 21.0. The largest absolute Gasteiger partial charge is 0.463 e. The number of esters is 3. The van der Waals surface area contributed by atoms with Gasteiger partial charge in [0.1, 0.15) is 12.7 Å². The first kappa shape index (κ1) is 27.0. The predicted molar refractivity (Wildman–Crippen MR) is 138 cm³/mol. The summed E-state index contributed by atoms with van der Waals surface area (Å²) >= 11 is 7.96. The Hall–Kier alpha value is -3.04. The number of hydrogen-bond donors (Lipinski definition) is 1. The number of rotatable bonds is 8. The van der Waals surface area contributed by atoms with Gasteiger partial charge in [0.05, 0.1) is 6.33 Å². The van der Waals surface area contributed by atoms with Crippen molar-refractivity contribution >= 4 is 69.1 Å². The lowest BCUT2D eigenvalue weighted by atomic mass is 10.1. The number of anilines is 1. The molecule has 14 heteroatoms. The summed E-state index contributed by atoms with van der Waals surface area (Å²) < 4.78 is 24.2. The minimum Gasteiger partial charge on any atom is -0.463 e. The van der Waals surface area contributed by atoms with Crippen molar-refractivity contribution in [2.24, 2.45) is 0 Å². The van der Waals surface area contributed by atoms with Crippen LogP contribution in [0.1, 0.15) is 32.6 Å². The molecule has 4 atom stereocenters. The van der Waals surface area contributed by atoms with Crippen LogP contribution >= 0.6 is 34.2 Å². The Bertz CT molecular complexity index is 1320. The quantitative estimate of drug-likeness (QED) is 0.167. The minimum absolute atomic E-state index is 0.214. The fourth-order valence-corrected chi connectivity index (χ4v) is 4.50. The summed E-state index contributed by atoms with van der Waals surface area (Å²) in [6.45, 7) is 3.95. The van der Waals surface area contributed by atoms with Crippen molar-refractivity contribution < 1.29 is 33.3 Å². The third-order valence-electron chi connectivity index (χ3n) is 5.38. The average Bonchev–Trinajstić information content (AvgIpc) is 3.38. The molecule has 0 saturated carbocycles. The molecule has 2 aromatic heterocycles. The molecule has 196 valence electrons. The number of nitrogens with zero attached hydrogens (tertiary/aromatic N) is 4. The summed E-state index contributed by atoms with van der Waals surface area (Å²) in [5.74, 6) is -1.27. The summed E-state index contributed by atoms with van der Waals surface area (Å²) in [7, 11) is 0. The van der Waals surface area contributed by atoms with Gasteiger partial charge in [-0.05, 0) is 17.7 Å². The molecule has 1 aliphatic heterocycles. The van der Waals surface area contributed by atoms with E-state index >= 15 is 0 Å². The SMILES string of the molecule is CC(=O)OCC1OC(n2cnc3c(NCc4ccc(Cl)cc4)nc(I)nc32)C(OC(C)=O)C1OC(C)=O. The molecule has 1 saturated heterocycles. The Morgan fingerprint density at radius 3 is 2.38 bits per heavy atom. The molecule has 0 bridgehead atoms. The lowest BCUT2D eigenvalue weighted by Gasteiger charge is -2.23. The van der Waals surface area contributed by atoms with Gasteiger partial charge in [0.25, 0.3) is 0 Å². The van der Waals surface area contributed by atoms with Crippen LogP contribution in [-0.2, 0) is 39.9 Å². The fraction of sp³-hybridized carbons (Fsp3) is 0.391. The second-order valence-corrected chi connectivity index (χ2v) is 9.56. The summed E-state index contributed by atoms with van der Waals surface area (Å²) in [5, 5.41) is 3.90. The van der Waals surface area contributed by atoms with Crippen LogP contribution < -0.4 is 5.32 Å². The molecule has 1 aromatic carbocycles. The first-order valence-corrected chi connectivity index (χ1v) is 12.6. The average molecular weight is 644 g/mol. The molecule has 0 amide bonds. The molecule has 0 spiro atoms. The van der Waals surface area contributed by atoms with Crippen LogP contribution in [0.4, 0.5) is 5.82 Å². The van der Waals surface area contributed by atoms with E-state index in [0.717, 1.165) is 5.56 Å². The highest BCUT2D eigenvalue weighted by Crippen LogP contribution is 2.36. The maximum absolute atomic E-state index is 12.0.